The number of halogens is 1. The van der Waals surface area contributed by atoms with E-state index in [2.05, 4.69) is 5.32 Å². The van der Waals surface area contributed by atoms with E-state index in [-0.39, 0.29) is 24.3 Å². The number of nitrogens with zero attached hydrogens (tertiary/aromatic N) is 1. The number of ether oxygens (including phenoxy) is 1. The number of rotatable bonds is 9. The van der Waals surface area contributed by atoms with E-state index in [0.29, 0.717) is 23.7 Å². The van der Waals surface area contributed by atoms with Crippen molar-refractivity contribution in [3.63, 3.8) is 0 Å². The minimum Gasteiger partial charge on any atom is -0.497 e. The average molecular weight is 417 g/mol. The van der Waals surface area contributed by atoms with Crippen LogP contribution in [0.5, 0.6) is 5.75 Å². The standard InChI is InChI=1S/C23H29ClN2O3/c1-16(2)25-23(28)17(3)26(15-18-8-7-10-20(14-18)29-4)22(27)13-12-19-9-5-6-11-21(19)24/h5-11,14,16-17H,12-13,15H2,1-4H3,(H,25,28). The zero-order valence-electron chi connectivity index (χ0n) is 17.4. The molecule has 0 aromatic heterocycles. The zero-order valence-corrected chi connectivity index (χ0v) is 18.2. The van der Waals surface area contributed by atoms with Crippen LogP contribution in [-0.2, 0) is 22.6 Å². The van der Waals surface area contributed by atoms with Crippen LogP contribution in [0, 0.1) is 0 Å². The Morgan fingerprint density at radius 1 is 1.10 bits per heavy atom. The first-order valence-electron chi connectivity index (χ1n) is 9.78. The third kappa shape index (κ3) is 6.79. The first-order chi connectivity index (χ1) is 13.8. The minimum atomic E-state index is -0.595. The highest BCUT2D eigenvalue weighted by atomic mass is 35.5. The molecule has 5 nitrogen and oxygen atoms in total. The Morgan fingerprint density at radius 3 is 2.48 bits per heavy atom. The van der Waals surface area contributed by atoms with Crippen molar-refractivity contribution in [2.75, 3.05) is 7.11 Å². The Balaban J connectivity index is 2.19. The minimum absolute atomic E-state index is 0.00171. The van der Waals surface area contributed by atoms with Gasteiger partial charge in [-0.3, -0.25) is 9.59 Å². The van der Waals surface area contributed by atoms with Gasteiger partial charge in [-0.05, 0) is 56.5 Å². The lowest BCUT2D eigenvalue weighted by Gasteiger charge is -2.29. The molecule has 0 aliphatic rings. The number of hydrogen-bond donors (Lipinski definition) is 1. The van der Waals surface area contributed by atoms with E-state index in [9.17, 15) is 9.59 Å². The maximum Gasteiger partial charge on any atom is 0.242 e. The van der Waals surface area contributed by atoms with Crippen LogP contribution in [0.2, 0.25) is 5.02 Å². The fraction of sp³-hybridized carbons (Fsp3) is 0.391. The molecule has 0 bridgehead atoms. The van der Waals surface area contributed by atoms with Crippen molar-refractivity contribution in [2.45, 2.75) is 52.2 Å². The molecule has 1 atom stereocenters. The number of hydrogen-bond acceptors (Lipinski definition) is 3. The van der Waals surface area contributed by atoms with E-state index >= 15 is 0 Å². The summed E-state index contributed by atoms with van der Waals surface area (Å²) in [6, 6.07) is 14.4. The van der Waals surface area contributed by atoms with Crippen LogP contribution in [0.4, 0.5) is 0 Å². The Labute approximate surface area is 178 Å². The molecule has 29 heavy (non-hydrogen) atoms. The Kier molecular flexibility index (Phi) is 8.52. The van der Waals surface area contributed by atoms with Crippen LogP contribution in [0.3, 0.4) is 0 Å². The summed E-state index contributed by atoms with van der Waals surface area (Å²) in [7, 11) is 1.60. The lowest BCUT2D eigenvalue weighted by atomic mass is 10.1. The molecule has 2 rings (SSSR count). The molecular weight excluding hydrogens is 388 g/mol. The summed E-state index contributed by atoms with van der Waals surface area (Å²) in [5, 5.41) is 3.53. The summed E-state index contributed by atoms with van der Waals surface area (Å²) >= 11 is 6.22. The van der Waals surface area contributed by atoms with Gasteiger partial charge in [0.15, 0.2) is 0 Å². The molecule has 0 spiro atoms. The van der Waals surface area contributed by atoms with E-state index in [1.54, 1.807) is 18.9 Å². The predicted molar refractivity (Wildman–Crippen MR) is 116 cm³/mol. The van der Waals surface area contributed by atoms with Crippen LogP contribution < -0.4 is 10.1 Å². The SMILES string of the molecule is COc1cccc(CN(C(=O)CCc2ccccc2Cl)C(C)C(=O)NC(C)C)c1. The normalized spacial score (nSPS) is 11.8. The predicted octanol–water partition coefficient (Wildman–Crippen LogP) is 4.22. The molecule has 0 saturated carbocycles. The molecule has 0 aliphatic carbocycles. The third-order valence-electron chi connectivity index (χ3n) is 4.65. The first-order valence-corrected chi connectivity index (χ1v) is 10.2. The van der Waals surface area contributed by atoms with Gasteiger partial charge in [-0.25, -0.2) is 0 Å². The molecule has 6 heteroatoms. The van der Waals surface area contributed by atoms with Crippen molar-refractivity contribution in [3.05, 3.63) is 64.7 Å². The summed E-state index contributed by atoms with van der Waals surface area (Å²) in [5.41, 5.74) is 1.82. The Hall–Kier alpha value is -2.53. The second-order valence-electron chi connectivity index (χ2n) is 7.30. The number of aryl methyl sites for hydroxylation is 1. The fourth-order valence-corrected chi connectivity index (χ4v) is 3.27. The summed E-state index contributed by atoms with van der Waals surface area (Å²) in [5.74, 6) is 0.443. The maximum absolute atomic E-state index is 13.1. The van der Waals surface area contributed by atoms with Gasteiger partial charge in [-0.2, -0.15) is 0 Å². The van der Waals surface area contributed by atoms with Gasteiger partial charge in [-0.15, -0.1) is 0 Å². The van der Waals surface area contributed by atoms with E-state index in [1.807, 2.05) is 62.4 Å². The summed E-state index contributed by atoms with van der Waals surface area (Å²) in [6.07, 6.45) is 0.790. The number of methoxy groups -OCH3 is 1. The summed E-state index contributed by atoms with van der Waals surface area (Å²) in [6.45, 7) is 5.88. The van der Waals surface area contributed by atoms with Crippen molar-refractivity contribution >= 4 is 23.4 Å². The Bertz CT molecular complexity index is 838. The topological polar surface area (TPSA) is 58.6 Å². The van der Waals surface area contributed by atoms with Crippen LogP contribution in [0.25, 0.3) is 0 Å². The van der Waals surface area contributed by atoms with Gasteiger partial charge in [0.25, 0.3) is 0 Å². The molecule has 1 N–H and O–H groups in total. The van der Waals surface area contributed by atoms with Gasteiger partial charge in [0.1, 0.15) is 11.8 Å². The van der Waals surface area contributed by atoms with Crippen LogP contribution in [0.15, 0.2) is 48.5 Å². The molecule has 1 unspecified atom stereocenters. The lowest BCUT2D eigenvalue weighted by molar-refractivity contribution is -0.140. The molecule has 156 valence electrons. The first kappa shape index (κ1) is 22.8. The smallest absolute Gasteiger partial charge is 0.242 e. The van der Waals surface area contributed by atoms with Crippen LogP contribution >= 0.6 is 11.6 Å². The van der Waals surface area contributed by atoms with Crippen molar-refractivity contribution in [2.24, 2.45) is 0 Å². The van der Waals surface area contributed by atoms with Crippen LogP contribution in [-0.4, -0.2) is 35.9 Å². The number of benzene rings is 2. The molecule has 0 fully saturated rings. The second kappa shape index (κ2) is 10.9. The molecule has 0 aliphatic heterocycles. The number of carbonyl (C=O) groups is 2. The molecular formula is C23H29ClN2O3. The van der Waals surface area contributed by atoms with Crippen molar-refractivity contribution in [1.29, 1.82) is 0 Å². The number of carbonyl (C=O) groups excluding carboxylic acids is 2. The van der Waals surface area contributed by atoms with E-state index in [4.69, 9.17) is 16.3 Å². The van der Waals surface area contributed by atoms with E-state index < -0.39 is 6.04 Å². The van der Waals surface area contributed by atoms with Crippen molar-refractivity contribution in [1.82, 2.24) is 10.2 Å². The second-order valence-corrected chi connectivity index (χ2v) is 7.71. The highest BCUT2D eigenvalue weighted by molar-refractivity contribution is 6.31. The molecule has 0 heterocycles. The van der Waals surface area contributed by atoms with Crippen molar-refractivity contribution < 1.29 is 14.3 Å². The number of amides is 2. The molecule has 2 aromatic rings. The third-order valence-corrected chi connectivity index (χ3v) is 5.02. The van der Waals surface area contributed by atoms with Crippen molar-refractivity contribution in [3.8, 4) is 5.75 Å². The monoisotopic (exact) mass is 416 g/mol. The van der Waals surface area contributed by atoms with Gasteiger partial charge in [0.2, 0.25) is 11.8 Å². The van der Waals surface area contributed by atoms with Gasteiger partial charge in [-0.1, -0.05) is 41.9 Å². The zero-order chi connectivity index (χ0) is 21.4. The van der Waals surface area contributed by atoms with Gasteiger partial charge in [0.05, 0.1) is 7.11 Å². The molecule has 0 saturated heterocycles. The highest BCUT2D eigenvalue weighted by Gasteiger charge is 2.26. The van der Waals surface area contributed by atoms with Crippen LogP contribution in [0.1, 0.15) is 38.3 Å². The summed E-state index contributed by atoms with van der Waals surface area (Å²) in [4.78, 5) is 27.3. The van der Waals surface area contributed by atoms with E-state index in [0.717, 1.165) is 11.1 Å². The van der Waals surface area contributed by atoms with Gasteiger partial charge >= 0.3 is 0 Å². The van der Waals surface area contributed by atoms with Gasteiger partial charge in [0, 0.05) is 24.0 Å². The molecule has 0 radical (unpaired) electrons. The Morgan fingerprint density at radius 2 is 1.83 bits per heavy atom. The largest absolute Gasteiger partial charge is 0.497 e. The molecule has 2 amide bonds. The maximum atomic E-state index is 13.1. The molecule has 2 aromatic carbocycles. The fourth-order valence-electron chi connectivity index (χ4n) is 3.04. The summed E-state index contributed by atoms with van der Waals surface area (Å²) < 4.78 is 5.28. The lowest BCUT2D eigenvalue weighted by Crippen LogP contribution is -2.49. The highest BCUT2D eigenvalue weighted by Crippen LogP contribution is 2.20. The number of nitrogens with one attached hydrogen (secondary N) is 1. The average Bonchev–Trinajstić information content (AvgIpc) is 2.70. The van der Waals surface area contributed by atoms with Gasteiger partial charge < -0.3 is 15.0 Å². The quantitative estimate of drug-likeness (QED) is 0.665. The van der Waals surface area contributed by atoms with E-state index in [1.165, 1.54) is 0 Å².